The molecule has 4 atom stereocenters. The van der Waals surface area contributed by atoms with Crippen molar-refractivity contribution in [1.29, 1.82) is 0 Å². The van der Waals surface area contributed by atoms with Crippen molar-refractivity contribution in [3.05, 3.63) is 47.1 Å². The van der Waals surface area contributed by atoms with Gasteiger partial charge in [-0.05, 0) is 55.6 Å². The lowest BCUT2D eigenvalue weighted by Gasteiger charge is -2.34. The lowest BCUT2D eigenvalue weighted by atomic mass is 9.78. The topological polar surface area (TPSA) is 20.2 Å². The van der Waals surface area contributed by atoms with Gasteiger partial charge in [-0.3, -0.25) is 0 Å². The molecule has 3 rings (SSSR count). The van der Waals surface area contributed by atoms with E-state index in [2.05, 4.69) is 45.6 Å². The van der Waals surface area contributed by atoms with Crippen LogP contribution in [0, 0.1) is 17.8 Å². The molecule has 2 heteroatoms. The van der Waals surface area contributed by atoms with Crippen LogP contribution in [-0.4, -0.2) is 16.0 Å². The Morgan fingerprint density at radius 1 is 1.39 bits per heavy atom. The van der Waals surface area contributed by atoms with Crippen molar-refractivity contribution in [1.82, 2.24) is 0 Å². The number of thiol groups is 1. The summed E-state index contributed by atoms with van der Waals surface area (Å²) >= 11 is 5.14. The summed E-state index contributed by atoms with van der Waals surface area (Å²) in [6, 6.07) is 0. The zero-order valence-electron chi connectivity index (χ0n) is 14.7. The van der Waals surface area contributed by atoms with E-state index < -0.39 is 6.10 Å². The van der Waals surface area contributed by atoms with E-state index in [-0.39, 0.29) is 4.75 Å². The van der Waals surface area contributed by atoms with Crippen molar-refractivity contribution < 1.29 is 5.11 Å². The molecule has 3 aliphatic rings. The number of aliphatic hydroxyl groups is 1. The Labute approximate surface area is 146 Å². The normalized spacial score (nSPS) is 40.2. The summed E-state index contributed by atoms with van der Waals surface area (Å²) in [5.74, 6) is 1.35. The summed E-state index contributed by atoms with van der Waals surface area (Å²) in [4.78, 5) is 0. The highest BCUT2D eigenvalue weighted by molar-refractivity contribution is 7.82. The third-order valence-corrected chi connectivity index (χ3v) is 6.71. The summed E-state index contributed by atoms with van der Waals surface area (Å²) in [6.45, 7) is 10.9. The molecule has 0 radical (unpaired) electrons. The van der Waals surface area contributed by atoms with Gasteiger partial charge in [-0.1, -0.05) is 49.8 Å². The fourth-order valence-corrected chi connectivity index (χ4v) is 5.32. The van der Waals surface area contributed by atoms with Crippen molar-refractivity contribution in [3.63, 3.8) is 0 Å². The van der Waals surface area contributed by atoms with E-state index in [9.17, 15) is 5.11 Å². The van der Waals surface area contributed by atoms with E-state index in [1.807, 2.05) is 0 Å². The third-order valence-electron chi connectivity index (χ3n) is 6.08. The Hall–Kier alpha value is -0.730. The zero-order chi connectivity index (χ0) is 16.8. The van der Waals surface area contributed by atoms with Gasteiger partial charge in [0, 0.05) is 12.3 Å². The molecule has 3 aliphatic carbocycles. The number of hydrogen-bond acceptors (Lipinski definition) is 2. The molecule has 126 valence electrons. The predicted molar refractivity (Wildman–Crippen MR) is 102 cm³/mol. The molecule has 23 heavy (non-hydrogen) atoms. The first-order valence-electron chi connectivity index (χ1n) is 9.04. The minimum Gasteiger partial charge on any atom is -0.388 e. The van der Waals surface area contributed by atoms with Crippen LogP contribution in [0.2, 0.25) is 0 Å². The van der Waals surface area contributed by atoms with E-state index in [0.29, 0.717) is 24.2 Å². The predicted octanol–water partition coefficient (Wildman–Crippen LogP) is 5.25. The summed E-state index contributed by atoms with van der Waals surface area (Å²) < 4.78 is -0.168. The summed E-state index contributed by atoms with van der Waals surface area (Å²) in [6.07, 6.45) is 11.6. The number of rotatable bonds is 2. The molecule has 1 saturated carbocycles. The molecule has 4 unspecified atom stereocenters. The Bertz CT molecular complexity index is 595. The van der Waals surface area contributed by atoms with Crippen LogP contribution in [-0.2, 0) is 0 Å². The summed E-state index contributed by atoms with van der Waals surface area (Å²) in [7, 11) is 0. The van der Waals surface area contributed by atoms with Crippen LogP contribution < -0.4 is 0 Å². The minimum atomic E-state index is -0.429. The highest BCUT2D eigenvalue weighted by atomic mass is 32.1. The number of fused-ring (bicyclic) bond motifs is 2. The van der Waals surface area contributed by atoms with Gasteiger partial charge in [-0.2, -0.15) is 12.6 Å². The van der Waals surface area contributed by atoms with Crippen molar-refractivity contribution in [2.45, 2.75) is 63.7 Å². The van der Waals surface area contributed by atoms with Crippen molar-refractivity contribution in [2.24, 2.45) is 17.8 Å². The molecular weight excluding hydrogens is 300 g/mol. The van der Waals surface area contributed by atoms with Crippen molar-refractivity contribution in [3.8, 4) is 0 Å². The Kier molecular flexibility index (Phi) is 4.68. The Morgan fingerprint density at radius 2 is 2.13 bits per heavy atom. The maximum Gasteiger partial charge on any atom is 0.0791 e. The van der Waals surface area contributed by atoms with Crippen LogP contribution in [0.25, 0.3) is 0 Å². The number of hydrogen-bond donors (Lipinski definition) is 2. The molecule has 0 aromatic carbocycles. The Balaban J connectivity index is 2.12. The highest BCUT2D eigenvalue weighted by Crippen LogP contribution is 2.53. The second kappa shape index (κ2) is 6.29. The van der Waals surface area contributed by atoms with Gasteiger partial charge in [0.05, 0.1) is 10.9 Å². The number of allylic oxidation sites excluding steroid dienone is 4. The van der Waals surface area contributed by atoms with E-state index in [1.165, 1.54) is 16.7 Å². The first kappa shape index (κ1) is 17.1. The monoisotopic (exact) mass is 330 g/mol. The van der Waals surface area contributed by atoms with Gasteiger partial charge >= 0.3 is 0 Å². The highest BCUT2D eigenvalue weighted by Gasteiger charge is 2.43. The van der Waals surface area contributed by atoms with E-state index in [0.717, 1.165) is 31.3 Å². The van der Waals surface area contributed by atoms with Gasteiger partial charge in [-0.15, -0.1) is 0 Å². The molecule has 0 aromatic rings. The van der Waals surface area contributed by atoms with Gasteiger partial charge in [0.15, 0.2) is 0 Å². The minimum absolute atomic E-state index is 0.168. The van der Waals surface area contributed by atoms with Gasteiger partial charge in [0.2, 0.25) is 0 Å². The molecule has 0 aliphatic heterocycles. The lowest BCUT2D eigenvalue weighted by Crippen LogP contribution is -2.29. The average Bonchev–Trinajstić information content (AvgIpc) is 3.01. The van der Waals surface area contributed by atoms with Gasteiger partial charge < -0.3 is 5.11 Å². The second-order valence-corrected chi connectivity index (χ2v) is 8.58. The first-order valence-corrected chi connectivity index (χ1v) is 9.49. The maximum atomic E-state index is 10.8. The SMILES string of the molecule is C=C1C(O)CC2=C(C(C)C)CCC2(S)/C=C2/C(C=CC)CCC12. The molecule has 0 aromatic heterocycles. The van der Waals surface area contributed by atoms with Crippen LogP contribution >= 0.6 is 12.6 Å². The fraction of sp³-hybridized carbons (Fsp3) is 0.619. The van der Waals surface area contributed by atoms with Crippen LogP contribution in [0.5, 0.6) is 0 Å². The fourth-order valence-electron chi connectivity index (χ4n) is 4.83. The largest absolute Gasteiger partial charge is 0.388 e. The molecular formula is C21H30OS. The summed E-state index contributed by atoms with van der Waals surface area (Å²) in [5.41, 5.74) is 5.33. The van der Waals surface area contributed by atoms with Crippen molar-refractivity contribution in [2.75, 3.05) is 0 Å². The molecule has 0 amide bonds. The molecule has 1 fully saturated rings. The van der Waals surface area contributed by atoms with Crippen LogP contribution in [0.3, 0.4) is 0 Å². The standard InChI is InChI=1S/C21H30OS/c1-5-6-15-7-8-17-14(4)20(22)11-19-16(13(2)3)9-10-21(19,23)12-18(15)17/h5-6,12-13,15,17,20,22-23H,4,7-11H2,1-3H3/b6-5?,18-12-. The average molecular weight is 331 g/mol. The molecule has 0 bridgehead atoms. The number of aliphatic hydroxyl groups excluding tert-OH is 1. The van der Waals surface area contributed by atoms with Crippen molar-refractivity contribution >= 4 is 12.6 Å². The molecule has 0 spiro atoms. The molecule has 0 heterocycles. The lowest BCUT2D eigenvalue weighted by molar-refractivity contribution is 0.197. The molecule has 1 nitrogen and oxygen atoms in total. The van der Waals surface area contributed by atoms with Crippen LogP contribution in [0.15, 0.2) is 47.1 Å². The van der Waals surface area contributed by atoms with E-state index in [1.54, 1.807) is 0 Å². The molecule has 0 saturated heterocycles. The van der Waals surface area contributed by atoms with Crippen LogP contribution in [0.4, 0.5) is 0 Å². The first-order chi connectivity index (χ1) is 10.9. The van der Waals surface area contributed by atoms with E-state index in [4.69, 9.17) is 12.6 Å². The van der Waals surface area contributed by atoms with Gasteiger partial charge in [0.25, 0.3) is 0 Å². The third kappa shape index (κ3) is 2.89. The maximum absolute atomic E-state index is 10.8. The van der Waals surface area contributed by atoms with E-state index >= 15 is 0 Å². The zero-order valence-corrected chi connectivity index (χ0v) is 15.6. The Morgan fingerprint density at radius 3 is 2.78 bits per heavy atom. The van der Waals surface area contributed by atoms with Gasteiger partial charge in [0.1, 0.15) is 0 Å². The quantitative estimate of drug-likeness (QED) is 0.523. The summed E-state index contributed by atoms with van der Waals surface area (Å²) in [5, 5.41) is 10.8. The van der Waals surface area contributed by atoms with Gasteiger partial charge in [-0.25, -0.2) is 0 Å². The second-order valence-electron chi connectivity index (χ2n) is 7.78. The smallest absolute Gasteiger partial charge is 0.0791 e. The van der Waals surface area contributed by atoms with Crippen LogP contribution in [0.1, 0.15) is 52.9 Å². The molecule has 1 N–H and O–H groups in total.